The van der Waals surface area contributed by atoms with E-state index in [2.05, 4.69) is 6.92 Å². The molecule has 0 radical (unpaired) electrons. The van der Waals surface area contributed by atoms with Crippen molar-refractivity contribution in [3.05, 3.63) is 18.2 Å². The zero-order valence-corrected chi connectivity index (χ0v) is 8.62. The van der Waals surface area contributed by atoms with E-state index < -0.39 is 0 Å². The molecule has 4 N–H and O–H groups in total. The Balaban J connectivity index is 2.39. The van der Waals surface area contributed by atoms with Crippen LogP contribution in [-0.4, -0.2) is 6.61 Å². The molecule has 0 aliphatic carbocycles. The van der Waals surface area contributed by atoms with Crippen LogP contribution in [0, 0.1) is 0 Å². The maximum Gasteiger partial charge on any atom is 0.121 e. The lowest BCUT2D eigenvalue weighted by Crippen LogP contribution is -1.99. The summed E-state index contributed by atoms with van der Waals surface area (Å²) in [5, 5.41) is 0. The molecule has 1 aromatic carbocycles. The number of hydrogen-bond acceptors (Lipinski definition) is 3. The monoisotopic (exact) mass is 194 g/mol. The van der Waals surface area contributed by atoms with Gasteiger partial charge < -0.3 is 16.2 Å². The average Bonchev–Trinajstić information content (AvgIpc) is 2.18. The predicted octanol–water partition coefficient (Wildman–Crippen LogP) is 2.42. The van der Waals surface area contributed by atoms with Crippen molar-refractivity contribution in [3.63, 3.8) is 0 Å². The third-order valence-corrected chi connectivity index (χ3v) is 2.07. The van der Waals surface area contributed by atoms with Gasteiger partial charge in [0.2, 0.25) is 0 Å². The molecule has 0 heterocycles. The molecule has 0 saturated heterocycles. The maximum atomic E-state index is 5.65. The number of nitrogens with two attached hydrogens (primary N) is 2. The van der Waals surface area contributed by atoms with Crippen molar-refractivity contribution >= 4 is 11.4 Å². The van der Waals surface area contributed by atoms with Crippen LogP contribution in [0.1, 0.15) is 26.2 Å². The van der Waals surface area contributed by atoms with Gasteiger partial charge in [-0.3, -0.25) is 0 Å². The fraction of sp³-hybridized carbons (Fsp3) is 0.455. The Labute approximate surface area is 85.0 Å². The summed E-state index contributed by atoms with van der Waals surface area (Å²) < 4.78 is 5.51. The van der Waals surface area contributed by atoms with Gasteiger partial charge in [-0.2, -0.15) is 0 Å². The molecular formula is C11H18N2O. The molecule has 3 nitrogen and oxygen atoms in total. The Morgan fingerprint density at radius 2 is 1.93 bits per heavy atom. The lowest BCUT2D eigenvalue weighted by molar-refractivity contribution is 0.306. The molecule has 1 rings (SSSR count). The van der Waals surface area contributed by atoms with Gasteiger partial charge in [0.25, 0.3) is 0 Å². The molecular weight excluding hydrogens is 176 g/mol. The maximum absolute atomic E-state index is 5.65. The Morgan fingerprint density at radius 1 is 1.14 bits per heavy atom. The van der Waals surface area contributed by atoms with E-state index in [0.717, 1.165) is 18.8 Å². The van der Waals surface area contributed by atoms with Gasteiger partial charge in [-0.1, -0.05) is 19.8 Å². The first kappa shape index (κ1) is 10.7. The number of anilines is 2. The SMILES string of the molecule is CCCCCOc1ccc(N)c(N)c1. The average molecular weight is 194 g/mol. The zero-order chi connectivity index (χ0) is 10.4. The number of nitrogen functional groups attached to an aromatic ring is 2. The summed E-state index contributed by atoms with van der Waals surface area (Å²) in [5.74, 6) is 0.799. The molecule has 3 heteroatoms. The molecule has 0 aromatic heterocycles. The van der Waals surface area contributed by atoms with Gasteiger partial charge in [-0.05, 0) is 18.6 Å². The molecule has 0 unspecified atom stereocenters. The second-order valence-corrected chi connectivity index (χ2v) is 3.35. The van der Waals surface area contributed by atoms with Gasteiger partial charge in [-0.25, -0.2) is 0 Å². The van der Waals surface area contributed by atoms with Gasteiger partial charge in [0.1, 0.15) is 5.75 Å². The van der Waals surface area contributed by atoms with Gasteiger partial charge in [-0.15, -0.1) is 0 Å². The quantitative estimate of drug-likeness (QED) is 0.559. The molecule has 78 valence electrons. The minimum Gasteiger partial charge on any atom is -0.494 e. The summed E-state index contributed by atoms with van der Waals surface area (Å²) in [7, 11) is 0. The minimum atomic E-state index is 0.581. The fourth-order valence-corrected chi connectivity index (χ4v) is 1.18. The van der Waals surface area contributed by atoms with Crippen molar-refractivity contribution in [2.75, 3.05) is 18.1 Å². The van der Waals surface area contributed by atoms with Crippen LogP contribution in [0.5, 0.6) is 5.75 Å². The predicted molar refractivity (Wildman–Crippen MR) is 60.3 cm³/mol. The van der Waals surface area contributed by atoms with Crippen LogP contribution in [0.2, 0.25) is 0 Å². The summed E-state index contributed by atoms with van der Waals surface area (Å²) in [6, 6.07) is 5.38. The van der Waals surface area contributed by atoms with Crippen LogP contribution in [0.25, 0.3) is 0 Å². The second-order valence-electron chi connectivity index (χ2n) is 3.35. The number of ether oxygens (including phenoxy) is 1. The number of hydrogen-bond donors (Lipinski definition) is 2. The number of benzene rings is 1. The number of rotatable bonds is 5. The van der Waals surface area contributed by atoms with Crippen LogP contribution in [0.15, 0.2) is 18.2 Å². The van der Waals surface area contributed by atoms with Crippen LogP contribution < -0.4 is 16.2 Å². The third kappa shape index (κ3) is 3.17. The summed E-state index contributed by atoms with van der Waals surface area (Å²) >= 11 is 0. The standard InChI is InChI=1S/C11H18N2O/c1-2-3-4-7-14-9-5-6-10(12)11(13)8-9/h5-6,8H,2-4,7,12-13H2,1H3. The molecule has 0 bridgehead atoms. The van der Waals surface area contributed by atoms with Crippen LogP contribution in [0.4, 0.5) is 11.4 Å². The number of unbranched alkanes of at least 4 members (excludes halogenated alkanes) is 2. The Morgan fingerprint density at radius 3 is 2.57 bits per heavy atom. The molecule has 0 fully saturated rings. The smallest absolute Gasteiger partial charge is 0.121 e. The van der Waals surface area contributed by atoms with E-state index in [4.69, 9.17) is 16.2 Å². The van der Waals surface area contributed by atoms with Crippen molar-refractivity contribution in [2.45, 2.75) is 26.2 Å². The lowest BCUT2D eigenvalue weighted by Gasteiger charge is -2.07. The van der Waals surface area contributed by atoms with Crippen molar-refractivity contribution in [3.8, 4) is 5.75 Å². The highest BCUT2D eigenvalue weighted by Crippen LogP contribution is 2.21. The summed E-state index contributed by atoms with van der Waals surface area (Å²) in [4.78, 5) is 0. The first-order valence-corrected chi connectivity index (χ1v) is 5.02. The van der Waals surface area contributed by atoms with E-state index in [1.165, 1.54) is 12.8 Å². The molecule has 0 atom stereocenters. The van der Waals surface area contributed by atoms with E-state index in [1.807, 2.05) is 6.07 Å². The van der Waals surface area contributed by atoms with Gasteiger partial charge >= 0.3 is 0 Å². The largest absolute Gasteiger partial charge is 0.494 e. The third-order valence-electron chi connectivity index (χ3n) is 2.07. The van der Waals surface area contributed by atoms with Gasteiger partial charge in [0.15, 0.2) is 0 Å². The first-order chi connectivity index (χ1) is 6.74. The molecule has 0 aliphatic rings. The molecule has 14 heavy (non-hydrogen) atoms. The van der Waals surface area contributed by atoms with E-state index in [9.17, 15) is 0 Å². The van der Waals surface area contributed by atoms with Crippen LogP contribution in [-0.2, 0) is 0 Å². The van der Waals surface area contributed by atoms with Crippen LogP contribution >= 0.6 is 0 Å². The highest BCUT2D eigenvalue weighted by molar-refractivity contribution is 5.65. The van der Waals surface area contributed by atoms with Gasteiger partial charge in [0, 0.05) is 6.07 Å². The van der Waals surface area contributed by atoms with E-state index in [1.54, 1.807) is 12.1 Å². The normalized spacial score (nSPS) is 10.1. The highest BCUT2D eigenvalue weighted by Gasteiger charge is 1.97. The molecule has 0 saturated carbocycles. The first-order valence-electron chi connectivity index (χ1n) is 5.02. The van der Waals surface area contributed by atoms with Crippen molar-refractivity contribution in [1.82, 2.24) is 0 Å². The topological polar surface area (TPSA) is 61.3 Å². The Hall–Kier alpha value is -1.38. The highest BCUT2D eigenvalue weighted by atomic mass is 16.5. The van der Waals surface area contributed by atoms with Crippen LogP contribution in [0.3, 0.4) is 0 Å². The van der Waals surface area contributed by atoms with E-state index in [-0.39, 0.29) is 0 Å². The summed E-state index contributed by atoms with van der Waals surface area (Å²) in [6.45, 7) is 2.92. The van der Waals surface area contributed by atoms with Gasteiger partial charge in [0.05, 0.1) is 18.0 Å². The fourth-order valence-electron chi connectivity index (χ4n) is 1.18. The van der Waals surface area contributed by atoms with E-state index >= 15 is 0 Å². The summed E-state index contributed by atoms with van der Waals surface area (Å²) in [6.07, 6.45) is 3.48. The minimum absolute atomic E-state index is 0.581. The molecule has 0 amide bonds. The van der Waals surface area contributed by atoms with Crippen molar-refractivity contribution < 1.29 is 4.74 Å². The van der Waals surface area contributed by atoms with E-state index in [0.29, 0.717) is 11.4 Å². The Bertz CT molecular complexity index is 287. The zero-order valence-electron chi connectivity index (χ0n) is 8.62. The summed E-state index contributed by atoms with van der Waals surface area (Å²) in [5.41, 5.74) is 12.4. The molecule has 0 spiro atoms. The Kier molecular flexibility index (Phi) is 4.11. The van der Waals surface area contributed by atoms with Crippen molar-refractivity contribution in [2.24, 2.45) is 0 Å². The van der Waals surface area contributed by atoms with Crippen molar-refractivity contribution in [1.29, 1.82) is 0 Å². The molecule has 1 aromatic rings. The lowest BCUT2D eigenvalue weighted by atomic mass is 10.2. The molecule has 0 aliphatic heterocycles. The second kappa shape index (κ2) is 5.37.